The lowest BCUT2D eigenvalue weighted by Gasteiger charge is -2.31. The van der Waals surface area contributed by atoms with Crippen molar-refractivity contribution in [2.45, 2.75) is 19.3 Å². The van der Waals surface area contributed by atoms with Crippen molar-refractivity contribution in [3.8, 4) is 6.07 Å². The van der Waals surface area contributed by atoms with Crippen LogP contribution in [-0.2, 0) is 6.42 Å². The maximum atomic E-state index is 13.1. The summed E-state index contributed by atoms with van der Waals surface area (Å²) in [7, 11) is 0. The molecule has 1 aromatic rings. The fraction of sp³-hybridized carbons (Fsp3) is 0.462. The first kappa shape index (κ1) is 12.0. The molecule has 17 heavy (non-hydrogen) atoms. The highest BCUT2D eigenvalue weighted by Gasteiger charge is 2.32. The quantitative estimate of drug-likeness (QED) is 0.855. The van der Waals surface area contributed by atoms with Crippen molar-refractivity contribution >= 4 is 0 Å². The number of nitriles is 1. The van der Waals surface area contributed by atoms with E-state index >= 15 is 0 Å². The molecule has 2 nitrogen and oxygen atoms in total. The Balaban J connectivity index is 2.18. The largest absolute Gasteiger partial charge is 0.317 e. The van der Waals surface area contributed by atoms with E-state index in [0.717, 1.165) is 32.0 Å². The van der Waals surface area contributed by atoms with Gasteiger partial charge in [0.2, 0.25) is 0 Å². The van der Waals surface area contributed by atoms with Crippen LogP contribution in [0.1, 0.15) is 18.4 Å². The van der Waals surface area contributed by atoms with Crippen LogP contribution in [-0.4, -0.2) is 13.1 Å². The summed E-state index contributed by atoms with van der Waals surface area (Å²) in [4.78, 5) is 0. The topological polar surface area (TPSA) is 35.8 Å². The van der Waals surface area contributed by atoms with Crippen molar-refractivity contribution < 1.29 is 8.78 Å². The summed E-state index contributed by atoms with van der Waals surface area (Å²) in [5.41, 5.74) is 0.252. The van der Waals surface area contributed by atoms with Crippen LogP contribution in [0.15, 0.2) is 18.2 Å². The molecule has 0 bridgehead atoms. The third-order valence-electron chi connectivity index (χ3n) is 3.32. The van der Waals surface area contributed by atoms with Crippen molar-refractivity contribution in [2.24, 2.45) is 5.41 Å². The number of hydrogen-bond donors (Lipinski definition) is 1. The van der Waals surface area contributed by atoms with Crippen LogP contribution in [0.2, 0.25) is 0 Å². The molecule has 0 radical (unpaired) electrons. The molecule has 0 spiro atoms. The first-order valence-corrected chi connectivity index (χ1v) is 5.71. The van der Waals surface area contributed by atoms with Crippen LogP contribution in [0, 0.1) is 28.4 Å². The fourth-order valence-corrected chi connectivity index (χ4v) is 2.27. The minimum Gasteiger partial charge on any atom is -0.317 e. The second kappa shape index (κ2) is 4.80. The molecule has 2 rings (SSSR count). The Kier molecular flexibility index (Phi) is 3.39. The fourth-order valence-electron chi connectivity index (χ4n) is 2.27. The summed E-state index contributed by atoms with van der Waals surface area (Å²) < 4.78 is 25.9. The van der Waals surface area contributed by atoms with Crippen molar-refractivity contribution in [3.05, 3.63) is 35.4 Å². The summed E-state index contributed by atoms with van der Waals surface area (Å²) >= 11 is 0. The predicted molar refractivity (Wildman–Crippen MR) is 60.2 cm³/mol. The standard InChI is InChI=1S/C13H14F2N2/c14-11-2-1-10(7-12(11)15)8-13(9-16)3-5-17-6-4-13/h1-2,7,17H,3-6,8H2. The second-order valence-electron chi connectivity index (χ2n) is 4.57. The average Bonchev–Trinajstić information content (AvgIpc) is 2.35. The van der Waals surface area contributed by atoms with E-state index in [1.54, 1.807) is 6.07 Å². The van der Waals surface area contributed by atoms with Crippen LogP contribution in [0.25, 0.3) is 0 Å². The molecule has 1 fully saturated rings. The van der Waals surface area contributed by atoms with Gasteiger partial charge in [-0.1, -0.05) is 6.07 Å². The van der Waals surface area contributed by atoms with Crippen LogP contribution in [0.5, 0.6) is 0 Å². The molecule has 0 aliphatic carbocycles. The van der Waals surface area contributed by atoms with Gasteiger partial charge in [0.05, 0.1) is 11.5 Å². The molecular weight excluding hydrogens is 222 g/mol. The summed E-state index contributed by atoms with van der Waals surface area (Å²) in [6.45, 7) is 1.61. The SMILES string of the molecule is N#CC1(Cc2ccc(F)c(F)c2)CCNCC1. The Morgan fingerprint density at radius 3 is 2.53 bits per heavy atom. The molecule has 0 aromatic heterocycles. The molecule has 1 aliphatic rings. The highest BCUT2D eigenvalue weighted by atomic mass is 19.2. The van der Waals surface area contributed by atoms with Crippen LogP contribution in [0.3, 0.4) is 0 Å². The van der Waals surface area contributed by atoms with Gasteiger partial charge < -0.3 is 5.32 Å². The number of halogens is 2. The summed E-state index contributed by atoms with van der Waals surface area (Å²) in [6.07, 6.45) is 1.99. The average molecular weight is 236 g/mol. The lowest BCUT2D eigenvalue weighted by Crippen LogP contribution is -2.37. The van der Waals surface area contributed by atoms with Gasteiger partial charge in [-0.15, -0.1) is 0 Å². The van der Waals surface area contributed by atoms with Gasteiger partial charge >= 0.3 is 0 Å². The molecule has 0 amide bonds. The van der Waals surface area contributed by atoms with Gasteiger partial charge in [-0.2, -0.15) is 5.26 Å². The highest BCUT2D eigenvalue weighted by Crippen LogP contribution is 2.32. The van der Waals surface area contributed by atoms with Crippen LogP contribution < -0.4 is 5.32 Å². The third-order valence-corrected chi connectivity index (χ3v) is 3.32. The molecule has 4 heteroatoms. The Bertz CT molecular complexity index is 445. The van der Waals surface area contributed by atoms with Crippen LogP contribution in [0.4, 0.5) is 8.78 Å². The number of hydrogen-bond acceptors (Lipinski definition) is 2. The van der Waals surface area contributed by atoms with Gasteiger partial charge in [0, 0.05) is 0 Å². The third kappa shape index (κ3) is 2.62. The number of nitrogens with one attached hydrogen (secondary N) is 1. The molecule has 1 N–H and O–H groups in total. The van der Waals surface area contributed by atoms with E-state index in [4.69, 9.17) is 0 Å². The van der Waals surface area contributed by atoms with E-state index in [2.05, 4.69) is 11.4 Å². The maximum absolute atomic E-state index is 13.1. The molecule has 1 saturated heterocycles. The van der Waals surface area contributed by atoms with E-state index in [-0.39, 0.29) is 0 Å². The highest BCUT2D eigenvalue weighted by molar-refractivity contribution is 5.22. The first-order chi connectivity index (χ1) is 8.15. The van der Waals surface area contributed by atoms with E-state index < -0.39 is 17.0 Å². The zero-order valence-electron chi connectivity index (χ0n) is 9.47. The van der Waals surface area contributed by atoms with Gasteiger partial charge in [-0.05, 0) is 50.0 Å². The number of rotatable bonds is 2. The van der Waals surface area contributed by atoms with E-state index in [9.17, 15) is 14.0 Å². The number of benzene rings is 1. The Hall–Kier alpha value is -1.47. The molecule has 0 unspecified atom stereocenters. The molecule has 1 heterocycles. The normalized spacial score (nSPS) is 18.6. The number of nitrogens with zero attached hydrogens (tertiary/aromatic N) is 1. The van der Waals surface area contributed by atoms with E-state index in [0.29, 0.717) is 12.0 Å². The van der Waals surface area contributed by atoms with Gasteiger partial charge in [0.15, 0.2) is 11.6 Å². The van der Waals surface area contributed by atoms with E-state index in [1.807, 2.05) is 0 Å². The van der Waals surface area contributed by atoms with Gasteiger partial charge in [-0.3, -0.25) is 0 Å². The zero-order chi connectivity index (χ0) is 12.3. The van der Waals surface area contributed by atoms with Crippen molar-refractivity contribution in [1.82, 2.24) is 5.32 Å². The molecule has 1 aromatic carbocycles. The Morgan fingerprint density at radius 1 is 1.24 bits per heavy atom. The smallest absolute Gasteiger partial charge is 0.159 e. The predicted octanol–water partition coefficient (Wildman–Crippen LogP) is 2.40. The van der Waals surface area contributed by atoms with Crippen molar-refractivity contribution in [3.63, 3.8) is 0 Å². The van der Waals surface area contributed by atoms with Crippen molar-refractivity contribution in [2.75, 3.05) is 13.1 Å². The number of piperidine rings is 1. The van der Waals surface area contributed by atoms with E-state index in [1.165, 1.54) is 6.07 Å². The lowest BCUT2D eigenvalue weighted by molar-refractivity contribution is 0.280. The minimum atomic E-state index is -0.843. The van der Waals surface area contributed by atoms with Gasteiger partial charge in [0.1, 0.15) is 0 Å². The summed E-state index contributed by atoms with van der Waals surface area (Å²) in [5.74, 6) is -1.69. The van der Waals surface area contributed by atoms with Crippen molar-refractivity contribution in [1.29, 1.82) is 5.26 Å². The summed E-state index contributed by atoms with van der Waals surface area (Å²) in [6, 6.07) is 6.21. The lowest BCUT2D eigenvalue weighted by atomic mass is 9.75. The molecule has 90 valence electrons. The maximum Gasteiger partial charge on any atom is 0.159 e. The second-order valence-corrected chi connectivity index (χ2v) is 4.57. The Morgan fingerprint density at radius 2 is 1.94 bits per heavy atom. The minimum absolute atomic E-state index is 0.435. The molecule has 0 saturated carbocycles. The van der Waals surface area contributed by atoms with Gasteiger partial charge in [0.25, 0.3) is 0 Å². The monoisotopic (exact) mass is 236 g/mol. The first-order valence-electron chi connectivity index (χ1n) is 5.71. The molecular formula is C13H14F2N2. The summed E-state index contributed by atoms with van der Waals surface area (Å²) in [5, 5.41) is 12.5. The zero-order valence-corrected chi connectivity index (χ0v) is 9.47. The molecule has 0 atom stereocenters. The molecule has 1 aliphatic heterocycles. The Labute approximate surface area is 99.3 Å². The van der Waals surface area contributed by atoms with Gasteiger partial charge in [-0.25, -0.2) is 8.78 Å². The van der Waals surface area contributed by atoms with Crippen LogP contribution >= 0.6 is 0 Å².